The highest BCUT2D eigenvalue weighted by atomic mass is 19.4. The van der Waals surface area contributed by atoms with Crippen LogP contribution in [0.2, 0.25) is 0 Å². The van der Waals surface area contributed by atoms with Gasteiger partial charge in [0.2, 0.25) is 0 Å². The van der Waals surface area contributed by atoms with Gasteiger partial charge >= 0.3 is 6.18 Å². The van der Waals surface area contributed by atoms with Gasteiger partial charge in [-0.05, 0) is 6.07 Å². The first-order chi connectivity index (χ1) is 8.54. The molecule has 18 heavy (non-hydrogen) atoms. The lowest BCUT2D eigenvalue weighted by molar-refractivity contribution is -0.140. The van der Waals surface area contributed by atoms with E-state index in [1.165, 1.54) is 12.1 Å². The molecule has 0 N–H and O–H groups in total. The predicted molar refractivity (Wildman–Crippen MR) is 55.0 cm³/mol. The average Bonchev–Trinajstić information content (AvgIpc) is 2.37. The van der Waals surface area contributed by atoms with Crippen LogP contribution < -0.4 is 0 Å². The maximum Gasteiger partial charge on any atom is 0.433 e. The van der Waals surface area contributed by atoms with E-state index in [1.807, 2.05) is 0 Å². The number of aromatic nitrogens is 3. The van der Waals surface area contributed by atoms with Crippen molar-refractivity contribution in [2.24, 2.45) is 0 Å². The molecule has 0 spiro atoms. The molecule has 0 aromatic carbocycles. The molecule has 2 aromatic heterocycles. The summed E-state index contributed by atoms with van der Waals surface area (Å²) in [5, 5.41) is 8.83. The van der Waals surface area contributed by atoms with Crippen LogP contribution >= 0.6 is 0 Å². The molecular weight excluding hydrogens is 245 g/mol. The Labute approximate surface area is 99.8 Å². The molecule has 2 aromatic rings. The maximum absolute atomic E-state index is 12.8. The van der Waals surface area contributed by atoms with Gasteiger partial charge in [-0.25, -0.2) is 9.97 Å². The lowest BCUT2D eigenvalue weighted by atomic mass is 10.0. The van der Waals surface area contributed by atoms with E-state index in [9.17, 15) is 13.2 Å². The Hall–Kier alpha value is -2.49. The predicted octanol–water partition coefficient (Wildman–Crippen LogP) is 2.43. The third kappa shape index (κ3) is 2.13. The molecule has 7 heteroatoms. The molecule has 2 heterocycles. The summed E-state index contributed by atoms with van der Waals surface area (Å²) in [6.45, 7) is 0. The summed E-state index contributed by atoms with van der Waals surface area (Å²) in [5.74, 6) is 0. The topological polar surface area (TPSA) is 62.5 Å². The molecule has 0 saturated heterocycles. The summed E-state index contributed by atoms with van der Waals surface area (Å²) in [5.41, 5.74) is -1.37. The summed E-state index contributed by atoms with van der Waals surface area (Å²) in [7, 11) is 0. The van der Waals surface area contributed by atoms with E-state index < -0.39 is 11.9 Å². The van der Waals surface area contributed by atoms with Crippen LogP contribution in [0.5, 0.6) is 0 Å². The zero-order valence-electron chi connectivity index (χ0n) is 8.81. The highest BCUT2D eigenvalue weighted by Gasteiger charge is 2.36. The average molecular weight is 250 g/mol. The van der Waals surface area contributed by atoms with Crippen molar-refractivity contribution in [2.45, 2.75) is 6.18 Å². The Morgan fingerprint density at radius 3 is 2.61 bits per heavy atom. The van der Waals surface area contributed by atoms with Gasteiger partial charge in [0.1, 0.15) is 12.4 Å². The van der Waals surface area contributed by atoms with E-state index in [0.717, 1.165) is 18.7 Å². The Kier molecular flexibility index (Phi) is 2.93. The van der Waals surface area contributed by atoms with Gasteiger partial charge in [-0.15, -0.1) is 0 Å². The van der Waals surface area contributed by atoms with E-state index in [-0.39, 0.29) is 16.8 Å². The third-order valence-electron chi connectivity index (χ3n) is 2.18. The molecule has 0 bridgehead atoms. The quantitative estimate of drug-likeness (QED) is 0.779. The molecule has 0 aliphatic rings. The summed E-state index contributed by atoms with van der Waals surface area (Å²) in [4.78, 5) is 10.6. The minimum atomic E-state index is -4.60. The van der Waals surface area contributed by atoms with Gasteiger partial charge in [0.05, 0.1) is 0 Å². The number of nitriles is 1. The van der Waals surface area contributed by atoms with Crippen LogP contribution in [0.3, 0.4) is 0 Å². The molecule has 0 aliphatic carbocycles. The minimum Gasteiger partial charge on any atom is -0.251 e. The zero-order valence-corrected chi connectivity index (χ0v) is 8.81. The first-order valence-electron chi connectivity index (χ1n) is 4.76. The molecule has 0 amide bonds. The van der Waals surface area contributed by atoms with Gasteiger partial charge in [-0.3, -0.25) is 4.98 Å². The van der Waals surface area contributed by atoms with Crippen LogP contribution in [0, 0.1) is 11.3 Å². The fourth-order valence-electron chi connectivity index (χ4n) is 1.46. The molecule has 90 valence electrons. The van der Waals surface area contributed by atoms with E-state index in [2.05, 4.69) is 15.0 Å². The molecule has 4 nitrogen and oxygen atoms in total. The van der Waals surface area contributed by atoms with E-state index >= 15 is 0 Å². The summed E-state index contributed by atoms with van der Waals surface area (Å²) >= 11 is 0. The smallest absolute Gasteiger partial charge is 0.251 e. The summed E-state index contributed by atoms with van der Waals surface area (Å²) in [6, 6.07) is 4.32. The van der Waals surface area contributed by atoms with Crippen molar-refractivity contribution >= 4 is 0 Å². The summed E-state index contributed by atoms with van der Waals surface area (Å²) < 4.78 is 38.4. The number of alkyl halides is 3. The Balaban J connectivity index is 2.69. The molecular formula is C11H5F3N4. The third-order valence-corrected chi connectivity index (χ3v) is 2.18. The molecule has 0 radical (unpaired) electrons. The highest BCUT2D eigenvalue weighted by molar-refractivity contribution is 5.70. The molecule has 0 saturated carbocycles. The van der Waals surface area contributed by atoms with E-state index in [1.54, 1.807) is 6.07 Å². The standard InChI is InChI=1S/C11H5F3N4/c12-11(13,14)10-7(2-1-3-17-10)8-5-16-6-18-9(8)4-15/h1-3,5-6H. The first kappa shape index (κ1) is 12.0. The van der Waals surface area contributed by atoms with Crippen LogP contribution in [0.1, 0.15) is 11.4 Å². The van der Waals surface area contributed by atoms with Crippen molar-refractivity contribution in [3.05, 3.63) is 42.2 Å². The lowest BCUT2D eigenvalue weighted by Gasteiger charge is -2.11. The van der Waals surface area contributed by atoms with Crippen molar-refractivity contribution in [1.82, 2.24) is 15.0 Å². The number of nitrogens with zero attached hydrogens (tertiary/aromatic N) is 4. The van der Waals surface area contributed by atoms with Gasteiger partial charge in [-0.2, -0.15) is 18.4 Å². The van der Waals surface area contributed by atoms with Crippen LogP contribution in [0.4, 0.5) is 13.2 Å². The number of hydrogen-bond donors (Lipinski definition) is 0. The number of pyridine rings is 1. The van der Waals surface area contributed by atoms with Gasteiger partial charge in [-0.1, -0.05) is 6.07 Å². The van der Waals surface area contributed by atoms with Crippen molar-refractivity contribution in [3.63, 3.8) is 0 Å². The zero-order chi connectivity index (χ0) is 13.2. The van der Waals surface area contributed by atoms with Crippen LogP contribution in [0.25, 0.3) is 11.1 Å². The fraction of sp³-hybridized carbons (Fsp3) is 0.0909. The van der Waals surface area contributed by atoms with Crippen molar-refractivity contribution in [2.75, 3.05) is 0 Å². The minimum absolute atomic E-state index is 0.0143. The first-order valence-corrected chi connectivity index (χ1v) is 4.76. The van der Waals surface area contributed by atoms with Crippen LogP contribution in [0.15, 0.2) is 30.9 Å². The summed E-state index contributed by atoms with van der Waals surface area (Å²) in [6.07, 6.45) is -1.29. The second-order valence-corrected chi connectivity index (χ2v) is 3.29. The molecule has 2 rings (SSSR count). The number of halogens is 3. The maximum atomic E-state index is 12.8. The Morgan fingerprint density at radius 2 is 1.94 bits per heavy atom. The van der Waals surface area contributed by atoms with E-state index in [4.69, 9.17) is 5.26 Å². The van der Waals surface area contributed by atoms with Crippen LogP contribution in [-0.4, -0.2) is 15.0 Å². The number of hydrogen-bond acceptors (Lipinski definition) is 4. The second-order valence-electron chi connectivity index (χ2n) is 3.29. The number of rotatable bonds is 1. The largest absolute Gasteiger partial charge is 0.433 e. The highest BCUT2D eigenvalue weighted by Crippen LogP contribution is 2.35. The van der Waals surface area contributed by atoms with Gasteiger partial charge < -0.3 is 0 Å². The Morgan fingerprint density at radius 1 is 1.17 bits per heavy atom. The van der Waals surface area contributed by atoms with Crippen LogP contribution in [-0.2, 0) is 6.18 Å². The molecule has 0 unspecified atom stereocenters. The monoisotopic (exact) mass is 250 g/mol. The lowest BCUT2D eigenvalue weighted by Crippen LogP contribution is -2.10. The Bertz CT molecular complexity index is 616. The molecule has 0 aliphatic heterocycles. The SMILES string of the molecule is N#Cc1ncncc1-c1cccnc1C(F)(F)F. The molecule has 0 atom stereocenters. The van der Waals surface area contributed by atoms with E-state index in [0.29, 0.717) is 0 Å². The van der Waals surface area contributed by atoms with Gasteiger partial charge in [0, 0.05) is 23.5 Å². The fourth-order valence-corrected chi connectivity index (χ4v) is 1.46. The van der Waals surface area contributed by atoms with Crippen molar-refractivity contribution in [1.29, 1.82) is 5.26 Å². The van der Waals surface area contributed by atoms with Crippen molar-refractivity contribution < 1.29 is 13.2 Å². The van der Waals surface area contributed by atoms with Gasteiger partial charge in [0.25, 0.3) is 0 Å². The second kappa shape index (κ2) is 4.41. The normalized spacial score (nSPS) is 11.0. The van der Waals surface area contributed by atoms with Crippen molar-refractivity contribution in [3.8, 4) is 17.2 Å². The van der Waals surface area contributed by atoms with Gasteiger partial charge in [0.15, 0.2) is 11.4 Å². The molecule has 0 fully saturated rings.